The van der Waals surface area contributed by atoms with Crippen molar-refractivity contribution in [3.05, 3.63) is 33.9 Å². The van der Waals surface area contributed by atoms with E-state index in [-0.39, 0.29) is 10.6 Å². The van der Waals surface area contributed by atoms with Gasteiger partial charge in [0.2, 0.25) is 0 Å². The van der Waals surface area contributed by atoms with E-state index in [1.54, 1.807) is 19.2 Å². The predicted octanol–water partition coefficient (Wildman–Crippen LogP) is 3.01. The second kappa shape index (κ2) is 6.02. The summed E-state index contributed by atoms with van der Waals surface area (Å²) in [5.74, 6) is 0. The number of anilines is 1. The molecule has 5 nitrogen and oxygen atoms in total. The first kappa shape index (κ1) is 13.8. The molecule has 1 fully saturated rings. The molecule has 2 rings (SSSR count). The number of nitrogens with one attached hydrogen (secondary N) is 1. The van der Waals surface area contributed by atoms with Crippen LogP contribution in [0.1, 0.15) is 31.7 Å². The van der Waals surface area contributed by atoms with Crippen LogP contribution in [0.2, 0.25) is 0 Å². The summed E-state index contributed by atoms with van der Waals surface area (Å²) in [6.45, 7) is 4.08. The third-order valence-corrected chi connectivity index (χ3v) is 3.89. The Kier molecular flexibility index (Phi) is 4.37. The predicted molar refractivity (Wildman–Crippen MR) is 76.4 cm³/mol. The largest absolute Gasteiger partial charge is 0.382 e. The van der Waals surface area contributed by atoms with Crippen LogP contribution in [-0.4, -0.2) is 29.5 Å². The summed E-state index contributed by atoms with van der Waals surface area (Å²) in [5.41, 5.74) is 1.81. The number of hydrogen-bond acceptors (Lipinski definition) is 4. The number of nitro benzene ring substituents is 1. The van der Waals surface area contributed by atoms with Gasteiger partial charge in [0.1, 0.15) is 5.69 Å². The van der Waals surface area contributed by atoms with E-state index in [0.717, 1.165) is 18.7 Å². The molecule has 0 bridgehead atoms. The van der Waals surface area contributed by atoms with Crippen molar-refractivity contribution < 1.29 is 4.92 Å². The van der Waals surface area contributed by atoms with Crippen molar-refractivity contribution in [1.29, 1.82) is 0 Å². The Morgan fingerprint density at radius 1 is 1.47 bits per heavy atom. The minimum Gasteiger partial charge on any atom is -0.382 e. The summed E-state index contributed by atoms with van der Waals surface area (Å²) in [7, 11) is 1.74. The van der Waals surface area contributed by atoms with E-state index in [4.69, 9.17) is 0 Å². The maximum atomic E-state index is 11.0. The van der Waals surface area contributed by atoms with Crippen molar-refractivity contribution in [2.75, 3.05) is 18.9 Å². The smallest absolute Gasteiger partial charge is 0.292 e. The molecule has 19 heavy (non-hydrogen) atoms. The highest BCUT2D eigenvalue weighted by molar-refractivity contribution is 5.66. The molecule has 1 aromatic rings. The van der Waals surface area contributed by atoms with E-state index < -0.39 is 0 Å². The zero-order valence-corrected chi connectivity index (χ0v) is 11.6. The van der Waals surface area contributed by atoms with Gasteiger partial charge < -0.3 is 5.32 Å². The third kappa shape index (κ3) is 3.04. The topological polar surface area (TPSA) is 58.4 Å². The van der Waals surface area contributed by atoms with Crippen LogP contribution in [0.4, 0.5) is 11.4 Å². The molecular weight excluding hydrogens is 242 g/mol. The molecule has 1 saturated heterocycles. The molecule has 1 aliphatic heterocycles. The Bertz CT molecular complexity index is 462. The monoisotopic (exact) mass is 263 g/mol. The highest BCUT2D eigenvalue weighted by Gasteiger charge is 2.22. The first-order valence-corrected chi connectivity index (χ1v) is 6.81. The Balaban J connectivity index is 2.24. The second-order valence-electron chi connectivity index (χ2n) is 5.13. The summed E-state index contributed by atoms with van der Waals surface area (Å²) in [4.78, 5) is 13.1. The molecule has 1 N–H and O–H groups in total. The van der Waals surface area contributed by atoms with E-state index in [2.05, 4.69) is 17.1 Å². The van der Waals surface area contributed by atoms with E-state index in [9.17, 15) is 10.1 Å². The van der Waals surface area contributed by atoms with Crippen LogP contribution < -0.4 is 5.32 Å². The highest BCUT2D eigenvalue weighted by atomic mass is 16.6. The first-order chi connectivity index (χ1) is 9.13. The maximum Gasteiger partial charge on any atom is 0.292 e. The van der Waals surface area contributed by atoms with E-state index in [0.29, 0.717) is 11.7 Å². The number of para-hydroxylation sites is 1. The summed E-state index contributed by atoms with van der Waals surface area (Å²) >= 11 is 0. The number of benzene rings is 1. The molecule has 104 valence electrons. The lowest BCUT2D eigenvalue weighted by atomic mass is 10.0. The Labute approximate surface area is 113 Å². The average Bonchev–Trinajstić information content (AvgIpc) is 2.41. The summed E-state index contributed by atoms with van der Waals surface area (Å²) in [6.07, 6.45) is 3.71. The molecule has 1 aromatic carbocycles. The lowest BCUT2D eigenvalue weighted by Gasteiger charge is -2.33. The van der Waals surface area contributed by atoms with Crippen molar-refractivity contribution in [2.24, 2.45) is 0 Å². The third-order valence-electron chi connectivity index (χ3n) is 3.89. The molecule has 0 aliphatic carbocycles. The molecule has 1 heterocycles. The molecule has 0 aromatic heterocycles. The Hall–Kier alpha value is -1.62. The van der Waals surface area contributed by atoms with Gasteiger partial charge in [-0.3, -0.25) is 15.0 Å². The minimum absolute atomic E-state index is 0.157. The number of nitrogens with zero attached hydrogens (tertiary/aromatic N) is 2. The summed E-state index contributed by atoms with van der Waals surface area (Å²) in [5, 5.41) is 14.0. The molecule has 0 spiro atoms. The van der Waals surface area contributed by atoms with Crippen molar-refractivity contribution >= 4 is 11.4 Å². The van der Waals surface area contributed by atoms with Gasteiger partial charge in [0.25, 0.3) is 5.69 Å². The fraction of sp³-hybridized carbons (Fsp3) is 0.571. The van der Waals surface area contributed by atoms with Gasteiger partial charge in [-0.25, -0.2) is 0 Å². The van der Waals surface area contributed by atoms with Gasteiger partial charge in [0, 0.05) is 25.7 Å². The van der Waals surface area contributed by atoms with Crippen molar-refractivity contribution in [2.45, 2.75) is 38.8 Å². The molecule has 0 radical (unpaired) electrons. The zero-order valence-electron chi connectivity index (χ0n) is 11.6. The molecule has 5 heteroatoms. The van der Waals surface area contributed by atoms with Crippen LogP contribution in [0.25, 0.3) is 0 Å². The van der Waals surface area contributed by atoms with E-state index in [1.165, 1.54) is 19.3 Å². The van der Waals surface area contributed by atoms with Crippen molar-refractivity contribution in [3.63, 3.8) is 0 Å². The normalized spacial score (nSPS) is 20.2. The van der Waals surface area contributed by atoms with Gasteiger partial charge in [-0.15, -0.1) is 0 Å². The quantitative estimate of drug-likeness (QED) is 0.670. The molecule has 1 atom stereocenters. The Morgan fingerprint density at radius 2 is 2.26 bits per heavy atom. The number of rotatable bonds is 4. The first-order valence-electron chi connectivity index (χ1n) is 6.81. The summed E-state index contributed by atoms with van der Waals surface area (Å²) in [6, 6.07) is 5.84. The number of likely N-dealkylation sites (tertiary alicyclic amines) is 1. The highest BCUT2D eigenvalue weighted by Crippen LogP contribution is 2.30. The summed E-state index contributed by atoms with van der Waals surface area (Å²) < 4.78 is 0. The van der Waals surface area contributed by atoms with Crippen molar-refractivity contribution in [1.82, 2.24) is 4.90 Å². The van der Waals surface area contributed by atoms with Crippen LogP contribution in [0, 0.1) is 10.1 Å². The molecule has 0 amide bonds. The van der Waals surface area contributed by atoms with Crippen molar-refractivity contribution in [3.8, 4) is 0 Å². The lowest BCUT2D eigenvalue weighted by molar-refractivity contribution is -0.384. The standard InChI is InChI=1S/C14H21N3O2/c1-11-6-3-4-9-16(11)10-12-7-5-8-13(17(18)19)14(12)15-2/h5,7-8,11,15H,3-4,6,9-10H2,1-2H3. The number of piperidine rings is 1. The van der Waals surface area contributed by atoms with E-state index >= 15 is 0 Å². The van der Waals surface area contributed by atoms with Gasteiger partial charge in [-0.1, -0.05) is 18.6 Å². The van der Waals surface area contributed by atoms with Gasteiger partial charge in [0.15, 0.2) is 0 Å². The minimum atomic E-state index is -0.324. The van der Waals surface area contributed by atoms with Gasteiger partial charge in [-0.05, 0) is 31.9 Å². The fourth-order valence-electron chi connectivity index (χ4n) is 2.77. The van der Waals surface area contributed by atoms with Crippen LogP contribution in [-0.2, 0) is 6.54 Å². The fourth-order valence-corrected chi connectivity index (χ4v) is 2.77. The van der Waals surface area contributed by atoms with Crippen LogP contribution in [0.5, 0.6) is 0 Å². The van der Waals surface area contributed by atoms with Gasteiger partial charge in [-0.2, -0.15) is 0 Å². The average molecular weight is 263 g/mol. The van der Waals surface area contributed by atoms with E-state index in [1.807, 2.05) is 6.07 Å². The maximum absolute atomic E-state index is 11.0. The number of hydrogen-bond donors (Lipinski definition) is 1. The second-order valence-corrected chi connectivity index (χ2v) is 5.13. The molecule has 1 unspecified atom stereocenters. The number of nitro groups is 1. The SMILES string of the molecule is CNc1c(CN2CCCCC2C)cccc1[N+](=O)[O-]. The van der Waals surface area contributed by atoms with Gasteiger partial charge >= 0.3 is 0 Å². The molecule has 1 aliphatic rings. The molecule has 0 saturated carbocycles. The lowest BCUT2D eigenvalue weighted by Crippen LogP contribution is -2.36. The van der Waals surface area contributed by atoms with Crippen LogP contribution in [0.15, 0.2) is 18.2 Å². The zero-order chi connectivity index (χ0) is 13.8. The van der Waals surface area contributed by atoms with Crippen LogP contribution >= 0.6 is 0 Å². The van der Waals surface area contributed by atoms with Gasteiger partial charge in [0.05, 0.1) is 4.92 Å². The van der Waals surface area contributed by atoms with Crippen LogP contribution in [0.3, 0.4) is 0 Å². The Morgan fingerprint density at radius 3 is 2.89 bits per heavy atom. The molecular formula is C14H21N3O2.